The fourth-order valence-electron chi connectivity index (χ4n) is 3.15. The Labute approximate surface area is 148 Å². The molecule has 3 rings (SSSR count). The molecule has 0 aliphatic carbocycles. The minimum Gasteiger partial charge on any atom is -0.497 e. The van der Waals surface area contributed by atoms with Crippen molar-refractivity contribution in [3.8, 4) is 11.4 Å². The first-order valence-corrected chi connectivity index (χ1v) is 8.79. The lowest BCUT2D eigenvalue weighted by molar-refractivity contribution is 0.0941. The lowest BCUT2D eigenvalue weighted by atomic mass is 10.1. The van der Waals surface area contributed by atoms with E-state index in [1.165, 1.54) is 0 Å². The Morgan fingerprint density at radius 1 is 1.32 bits per heavy atom. The number of methoxy groups -OCH3 is 1. The number of aromatic nitrogens is 2. The third-order valence-electron chi connectivity index (χ3n) is 4.76. The molecule has 0 saturated carbocycles. The van der Waals surface area contributed by atoms with Crippen LogP contribution in [0.4, 0.5) is 0 Å². The number of carbonyl (C=O) groups excluding carboxylic acids is 1. The molecular formula is C19H26N4O2. The number of benzene rings is 1. The Balaban J connectivity index is 1.55. The predicted molar refractivity (Wildman–Crippen MR) is 97.3 cm³/mol. The molecule has 134 valence electrons. The number of nitrogens with zero attached hydrogens (tertiary/aromatic N) is 3. The van der Waals surface area contributed by atoms with E-state index < -0.39 is 0 Å². The molecule has 1 aromatic heterocycles. The van der Waals surface area contributed by atoms with Gasteiger partial charge in [0.2, 0.25) is 0 Å². The molecule has 1 fully saturated rings. The van der Waals surface area contributed by atoms with E-state index in [0.717, 1.165) is 30.9 Å². The van der Waals surface area contributed by atoms with Gasteiger partial charge in [0.25, 0.3) is 5.91 Å². The summed E-state index contributed by atoms with van der Waals surface area (Å²) in [4.78, 5) is 14.8. The summed E-state index contributed by atoms with van der Waals surface area (Å²) < 4.78 is 6.85. The SMILES string of the molecule is COc1ccc(-n2ccc(C(=O)NC[C@H]3CCN(C(C)C)C3)n2)cc1. The largest absolute Gasteiger partial charge is 0.497 e. The summed E-state index contributed by atoms with van der Waals surface area (Å²) in [5.41, 5.74) is 1.33. The van der Waals surface area contributed by atoms with Crippen LogP contribution in [0.25, 0.3) is 5.69 Å². The van der Waals surface area contributed by atoms with E-state index in [4.69, 9.17) is 4.74 Å². The molecule has 1 atom stereocenters. The van der Waals surface area contributed by atoms with E-state index in [1.54, 1.807) is 24.1 Å². The Morgan fingerprint density at radius 2 is 2.08 bits per heavy atom. The summed E-state index contributed by atoms with van der Waals surface area (Å²) in [5, 5.41) is 7.40. The van der Waals surface area contributed by atoms with Gasteiger partial charge in [0, 0.05) is 25.3 Å². The van der Waals surface area contributed by atoms with Gasteiger partial charge in [-0.25, -0.2) is 4.68 Å². The summed E-state index contributed by atoms with van der Waals surface area (Å²) >= 11 is 0. The van der Waals surface area contributed by atoms with Crippen molar-refractivity contribution in [1.29, 1.82) is 0 Å². The first-order chi connectivity index (χ1) is 12.1. The molecule has 25 heavy (non-hydrogen) atoms. The second kappa shape index (κ2) is 7.70. The topological polar surface area (TPSA) is 59.4 Å². The van der Waals surface area contributed by atoms with E-state index in [2.05, 4.69) is 29.2 Å². The van der Waals surface area contributed by atoms with Crippen LogP contribution in [-0.2, 0) is 0 Å². The molecule has 1 saturated heterocycles. The Kier molecular flexibility index (Phi) is 5.38. The van der Waals surface area contributed by atoms with E-state index in [0.29, 0.717) is 24.2 Å². The van der Waals surface area contributed by atoms with Gasteiger partial charge in [-0.3, -0.25) is 4.79 Å². The standard InChI is InChI=1S/C19H26N4O2/c1-14(2)22-10-8-15(13-22)12-20-19(24)18-9-11-23(21-18)16-4-6-17(25-3)7-5-16/h4-7,9,11,14-15H,8,10,12-13H2,1-3H3,(H,20,24)/t15-/m1/s1. The van der Waals surface area contributed by atoms with E-state index in [1.807, 2.05) is 24.3 Å². The lowest BCUT2D eigenvalue weighted by Gasteiger charge is -2.20. The second-order valence-corrected chi connectivity index (χ2v) is 6.80. The minimum atomic E-state index is -0.116. The molecule has 1 aromatic carbocycles. The number of hydrogen-bond donors (Lipinski definition) is 1. The zero-order valence-corrected chi connectivity index (χ0v) is 15.1. The summed E-state index contributed by atoms with van der Waals surface area (Å²) in [5.74, 6) is 1.20. The van der Waals surface area contributed by atoms with E-state index in [9.17, 15) is 4.79 Å². The van der Waals surface area contributed by atoms with Crippen molar-refractivity contribution in [2.75, 3.05) is 26.7 Å². The molecule has 0 unspecified atom stereocenters. The number of ether oxygens (including phenoxy) is 1. The van der Waals surface area contributed by atoms with Gasteiger partial charge in [-0.15, -0.1) is 0 Å². The van der Waals surface area contributed by atoms with Crippen LogP contribution in [0.1, 0.15) is 30.8 Å². The van der Waals surface area contributed by atoms with Gasteiger partial charge >= 0.3 is 0 Å². The monoisotopic (exact) mass is 342 g/mol. The summed E-state index contributed by atoms with van der Waals surface area (Å²) in [6.45, 7) is 7.31. The van der Waals surface area contributed by atoms with Gasteiger partial charge in [-0.2, -0.15) is 5.10 Å². The van der Waals surface area contributed by atoms with E-state index in [-0.39, 0.29) is 5.91 Å². The molecule has 0 spiro atoms. The molecule has 6 heteroatoms. The number of rotatable bonds is 6. The molecule has 1 aliphatic rings. The maximum Gasteiger partial charge on any atom is 0.271 e. The smallest absolute Gasteiger partial charge is 0.271 e. The molecule has 0 radical (unpaired) electrons. The van der Waals surface area contributed by atoms with Gasteiger partial charge in [-0.05, 0) is 63.1 Å². The zero-order chi connectivity index (χ0) is 17.8. The van der Waals surface area contributed by atoms with Crippen LogP contribution in [0.3, 0.4) is 0 Å². The highest BCUT2D eigenvalue weighted by Gasteiger charge is 2.24. The van der Waals surface area contributed by atoms with Crippen LogP contribution >= 0.6 is 0 Å². The number of likely N-dealkylation sites (tertiary alicyclic amines) is 1. The van der Waals surface area contributed by atoms with Gasteiger partial charge in [0.1, 0.15) is 5.75 Å². The molecule has 6 nitrogen and oxygen atoms in total. The number of carbonyl (C=O) groups is 1. The van der Waals surface area contributed by atoms with Crippen molar-refractivity contribution < 1.29 is 9.53 Å². The molecular weight excluding hydrogens is 316 g/mol. The van der Waals surface area contributed by atoms with E-state index >= 15 is 0 Å². The number of amides is 1. The number of hydrogen-bond acceptors (Lipinski definition) is 4. The molecule has 2 aromatic rings. The maximum atomic E-state index is 12.3. The molecule has 2 heterocycles. The highest BCUT2D eigenvalue weighted by atomic mass is 16.5. The Morgan fingerprint density at radius 3 is 2.72 bits per heavy atom. The maximum absolute atomic E-state index is 12.3. The summed E-state index contributed by atoms with van der Waals surface area (Å²) in [6, 6.07) is 9.88. The van der Waals surface area contributed by atoms with Crippen molar-refractivity contribution >= 4 is 5.91 Å². The zero-order valence-electron chi connectivity index (χ0n) is 15.1. The van der Waals surface area contributed by atoms with Gasteiger partial charge < -0.3 is 15.0 Å². The Bertz CT molecular complexity index is 708. The quantitative estimate of drug-likeness (QED) is 0.875. The van der Waals surface area contributed by atoms with Crippen molar-refractivity contribution in [3.63, 3.8) is 0 Å². The fraction of sp³-hybridized carbons (Fsp3) is 0.474. The highest BCUT2D eigenvalue weighted by molar-refractivity contribution is 5.92. The van der Waals surface area contributed by atoms with Gasteiger partial charge in [0.05, 0.1) is 12.8 Å². The molecule has 1 amide bonds. The van der Waals surface area contributed by atoms with Gasteiger partial charge in [0.15, 0.2) is 5.69 Å². The van der Waals surface area contributed by atoms with Crippen molar-refractivity contribution in [2.45, 2.75) is 26.3 Å². The van der Waals surface area contributed by atoms with Gasteiger partial charge in [-0.1, -0.05) is 0 Å². The number of nitrogens with one attached hydrogen (secondary N) is 1. The molecule has 1 aliphatic heterocycles. The average molecular weight is 342 g/mol. The second-order valence-electron chi connectivity index (χ2n) is 6.80. The van der Waals surface area contributed by atoms with Crippen LogP contribution in [0.2, 0.25) is 0 Å². The molecule has 1 N–H and O–H groups in total. The first-order valence-electron chi connectivity index (χ1n) is 8.79. The van der Waals surface area contributed by atoms with Crippen LogP contribution in [0.5, 0.6) is 5.75 Å². The van der Waals surface area contributed by atoms with Crippen molar-refractivity contribution in [3.05, 3.63) is 42.2 Å². The van der Waals surface area contributed by atoms with Crippen LogP contribution in [0, 0.1) is 5.92 Å². The van der Waals surface area contributed by atoms with Crippen LogP contribution in [-0.4, -0.2) is 53.4 Å². The first kappa shape index (κ1) is 17.5. The fourth-order valence-corrected chi connectivity index (χ4v) is 3.15. The van der Waals surface area contributed by atoms with Crippen LogP contribution in [0.15, 0.2) is 36.5 Å². The average Bonchev–Trinajstić information content (AvgIpc) is 3.29. The van der Waals surface area contributed by atoms with Crippen molar-refractivity contribution in [1.82, 2.24) is 20.0 Å². The minimum absolute atomic E-state index is 0.116. The predicted octanol–water partition coefficient (Wildman–Crippen LogP) is 2.34. The summed E-state index contributed by atoms with van der Waals surface area (Å²) in [7, 11) is 1.64. The summed E-state index contributed by atoms with van der Waals surface area (Å²) in [6.07, 6.45) is 2.94. The normalized spacial score (nSPS) is 17.8. The molecule has 0 bridgehead atoms. The van der Waals surface area contributed by atoms with Crippen molar-refractivity contribution in [2.24, 2.45) is 5.92 Å². The Hall–Kier alpha value is -2.34. The lowest BCUT2D eigenvalue weighted by Crippen LogP contribution is -2.33. The van der Waals surface area contributed by atoms with Crippen LogP contribution < -0.4 is 10.1 Å². The third kappa shape index (κ3) is 4.20. The highest BCUT2D eigenvalue weighted by Crippen LogP contribution is 2.18. The third-order valence-corrected chi connectivity index (χ3v) is 4.76.